The van der Waals surface area contributed by atoms with Crippen molar-refractivity contribution in [2.45, 2.75) is 17.1 Å². The molecule has 0 bridgehead atoms. The van der Waals surface area contributed by atoms with Gasteiger partial charge in [0.15, 0.2) is 5.76 Å². The lowest BCUT2D eigenvalue weighted by Crippen LogP contribution is -2.16. The van der Waals surface area contributed by atoms with Crippen molar-refractivity contribution in [3.8, 4) is 0 Å². The molecule has 3 heterocycles. The van der Waals surface area contributed by atoms with Gasteiger partial charge in [0.1, 0.15) is 0 Å². The fourth-order valence-electron chi connectivity index (χ4n) is 3.06. The summed E-state index contributed by atoms with van der Waals surface area (Å²) in [6, 6.07) is 7.55. The fourth-order valence-corrected chi connectivity index (χ4v) is 4.57. The molecule has 0 amide bonds. The second-order valence-corrected chi connectivity index (χ2v) is 8.03. The van der Waals surface area contributed by atoms with Gasteiger partial charge in [-0.15, -0.1) is 0 Å². The molecule has 24 heavy (non-hydrogen) atoms. The Hall–Kier alpha value is -2.03. The second-order valence-electron chi connectivity index (χ2n) is 5.50. The number of carbonyl (C=O) groups is 1. The summed E-state index contributed by atoms with van der Waals surface area (Å²) in [6.45, 7) is 0. The summed E-state index contributed by atoms with van der Waals surface area (Å²) >= 11 is 1.73. The molecule has 3 aromatic rings. The van der Waals surface area contributed by atoms with Gasteiger partial charge in [0.25, 0.3) is 16.0 Å². The minimum Gasteiger partial charge on any atom is -0.459 e. The van der Waals surface area contributed by atoms with Crippen LogP contribution in [-0.2, 0) is 22.3 Å². The third kappa shape index (κ3) is 2.38. The molecule has 8 heteroatoms. The van der Waals surface area contributed by atoms with Crippen LogP contribution in [0.2, 0.25) is 0 Å². The highest BCUT2D eigenvalue weighted by Crippen LogP contribution is 2.35. The maximum atomic E-state index is 12.8. The van der Waals surface area contributed by atoms with E-state index in [-0.39, 0.29) is 16.6 Å². The molecule has 0 unspecified atom stereocenters. The lowest BCUT2D eigenvalue weighted by atomic mass is 10.1. The van der Waals surface area contributed by atoms with E-state index in [0.29, 0.717) is 23.1 Å². The number of carbonyl (C=O) groups excluding carboxylic acids is 1. The van der Waals surface area contributed by atoms with E-state index >= 15 is 0 Å². The van der Waals surface area contributed by atoms with Crippen LogP contribution in [0.3, 0.4) is 0 Å². The maximum Gasteiger partial charge on any atom is 0.298 e. The number of aromatic nitrogens is 1. The second kappa shape index (κ2) is 5.51. The molecule has 0 aliphatic carbocycles. The normalized spacial score (nSPS) is 14.7. The van der Waals surface area contributed by atoms with Crippen LogP contribution in [-0.4, -0.2) is 29.2 Å². The van der Waals surface area contributed by atoms with Crippen molar-refractivity contribution in [2.24, 2.45) is 0 Å². The van der Waals surface area contributed by atoms with Gasteiger partial charge in [-0.2, -0.15) is 20.2 Å². The number of nitrogens with zero attached hydrogens (tertiary/aromatic N) is 1. The zero-order valence-electron chi connectivity index (χ0n) is 12.4. The molecular formula is C16H13NO5S2. The number of furan rings is 1. The molecule has 1 aromatic carbocycles. The van der Waals surface area contributed by atoms with Crippen LogP contribution in [0.4, 0.5) is 0 Å². The molecule has 2 aromatic heterocycles. The molecule has 1 aliphatic rings. The summed E-state index contributed by atoms with van der Waals surface area (Å²) in [5, 5.41) is 0.673. The minimum atomic E-state index is -4.29. The van der Waals surface area contributed by atoms with Crippen LogP contribution in [0.1, 0.15) is 21.8 Å². The third-order valence-corrected chi connectivity index (χ3v) is 5.95. The van der Waals surface area contributed by atoms with Crippen molar-refractivity contribution >= 4 is 38.7 Å². The monoisotopic (exact) mass is 363 g/mol. The highest BCUT2D eigenvalue weighted by molar-refractivity contribution is 7.98. The first-order valence-corrected chi connectivity index (χ1v) is 9.86. The van der Waals surface area contributed by atoms with Crippen molar-refractivity contribution in [1.29, 1.82) is 0 Å². The number of thioether (sulfide) groups is 1. The molecule has 4 rings (SSSR count). The molecule has 124 valence electrons. The standard InChI is InChI=1S/C16H13NO5S2/c18-16(15-2-1-6-22-15)17-13-4-3-10(24(19,20)21)8-11(13)12-9-23-7-5-14(12)17/h1-4,6,8H,5,7,9H2,(H,19,20,21). The summed E-state index contributed by atoms with van der Waals surface area (Å²) in [5.41, 5.74) is 2.43. The lowest BCUT2D eigenvalue weighted by molar-refractivity contribution is 0.0934. The van der Waals surface area contributed by atoms with Gasteiger partial charge in [0.2, 0.25) is 0 Å². The van der Waals surface area contributed by atoms with Crippen molar-refractivity contribution in [3.05, 3.63) is 53.6 Å². The van der Waals surface area contributed by atoms with Gasteiger partial charge in [0.05, 0.1) is 16.7 Å². The van der Waals surface area contributed by atoms with Crippen LogP contribution in [0.5, 0.6) is 0 Å². The molecule has 1 aliphatic heterocycles. The predicted molar refractivity (Wildman–Crippen MR) is 90.1 cm³/mol. The molecule has 1 N–H and O–H groups in total. The highest BCUT2D eigenvalue weighted by atomic mass is 32.2. The van der Waals surface area contributed by atoms with Crippen LogP contribution >= 0.6 is 11.8 Å². The number of rotatable bonds is 2. The topological polar surface area (TPSA) is 89.5 Å². The van der Waals surface area contributed by atoms with Gasteiger partial charge >= 0.3 is 0 Å². The number of hydrogen-bond donors (Lipinski definition) is 1. The van der Waals surface area contributed by atoms with E-state index < -0.39 is 10.1 Å². The average Bonchev–Trinajstić information content (AvgIpc) is 3.19. The molecule has 6 nitrogen and oxygen atoms in total. The Balaban J connectivity index is 2.01. The van der Waals surface area contributed by atoms with Crippen molar-refractivity contribution in [2.75, 3.05) is 5.75 Å². The SMILES string of the molecule is O=C(c1ccco1)n1c2c(c3cc(S(=O)(=O)O)ccc31)CSCC2. The van der Waals surface area contributed by atoms with E-state index in [1.165, 1.54) is 18.4 Å². The summed E-state index contributed by atoms with van der Waals surface area (Å²) in [7, 11) is -4.29. The summed E-state index contributed by atoms with van der Waals surface area (Å²) in [5.74, 6) is 1.53. The number of fused-ring (bicyclic) bond motifs is 3. The summed E-state index contributed by atoms with van der Waals surface area (Å²) in [4.78, 5) is 12.7. The third-order valence-electron chi connectivity index (χ3n) is 4.11. The lowest BCUT2D eigenvalue weighted by Gasteiger charge is -2.14. The van der Waals surface area contributed by atoms with Crippen LogP contribution in [0, 0.1) is 0 Å². The maximum absolute atomic E-state index is 12.8. The number of benzene rings is 1. The van der Waals surface area contributed by atoms with E-state index in [0.717, 1.165) is 17.0 Å². The van der Waals surface area contributed by atoms with Crippen molar-refractivity contribution in [1.82, 2.24) is 4.57 Å². The van der Waals surface area contributed by atoms with Gasteiger partial charge in [0, 0.05) is 16.8 Å². The van der Waals surface area contributed by atoms with E-state index in [4.69, 9.17) is 4.42 Å². The Kier molecular flexibility index (Phi) is 3.56. The molecule has 0 saturated carbocycles. The van der Waals surface area contributed by atoms with Crippen molar-refractivity contribution < 1.29 is 22.2 Å². The first-order chi connectivity index (χ1) is 11.5. The van der Waals surface area contributed by atoms with Crippen LogP contribution in [0.25, 0.3) is 10.9 Å². The van der Waals surface area contributed by atoms with Gasteiger partial charge in [-0.3, -0.25) is 13.9 Å². The minimum absolute atomic E-state index is 0.170. The van der Waals surface area contributed by atoms with Gasteiger partial charge < -0.3 is 4.42 Å². The first-order valence-electron chi connectivity index (χ1n) is 7.26. The first kappa shape index (κ1) is 15.5. The van der Waals surface area contributed by atoms with E-state index in [1.807, 2.05) is 0 Å². The Morgan fingerprint density at radius 2 is 2.12 bits per heavy atom. The fraction of sp³-hybridized carbons (Fsp3) is 0.188. The molecular weight excluding hydrogens is 350 g/mol. The molecule has 0 spiro atoms. The van der Waals surface area contributed by atoms with Gasteiger partial charge in [-0.25, -0.2) is 0 Å². The van der Waals surface area contributed by atoms with Gasteiger partial charge in [-0.05, 0) is 48.1 Å². The van der Waals surface area contributed by atoms with Crippen molar-refractivity contribution in [3.63, 3.8) is 0 Å². The van der Waals surface area contributed by atoms with Gasteiger partial charge in [-0.1, -0.05) is 0 Å². The molecule has 0 fully saturated rings. The quantitative estimate of drug-likeness (QED) is 0.704. The van der Waals surface area contributed by atoms with Crippen LogP contribution in [0.15, 0.2) is 45.9 Å². The average molecular weight is 363 g/mol. The predicted octanol–water partition coefficient (Wildman–Crippen LogP) is 2.96. The zero-order chi connectivity index (χ0) is 16.9. The Morgan fingerprint density at radius 1 is 1.29 bits per heavy atom. The Morgan fingerprint density at radius 3 is 2.83 bits per heavy atom. The Labute approximate surface area is 142 Å². The molecule has 0 atom stereocenters. The zero-order valence-corrected chi connectivity index (χ0v) is 14.1. The molecule has 0 saturated heterocycles. The van der Waals surface area contributed by atoms with E-state index in [1.54, 1.807) is 34.5 Å². The summed E-state index contributed by atoms with van der Waals surface area (Å²) < 4.78 is 39.0. The van der Waals surface area contributed by atoms with Crippen LogP contribution < -0.4 is 0 Å². The number of hydrogen-bond acceptors (Lipinski definition) is 5. The van der Waals surface area contributed by atoms with E-state index in [9.17, 15) is 17.8 Å². The van der Waals surface area contributed by atoms with E-state index in [2.05, 4.69) is 0 Å². The highest BCUT2D eigenvalue weighted by Gasteiger charge is 2.26. The Bertz CT molecular complexity index is 1050. The molecule has 0 radical (unpaired) electrons. The smallest absolute Gasteiger partial charge is 0.298 e. The summed E-state index contributed by atoms with van der Waals surface area (Å²) in [6.07, 6.45) is 2.15. The largest absolute Gasteiger partial charge is 0.459 e.